The van der Waals surface area contributed by atoms with Crippen LogP contribution in [0.3, 0.4) is 0 Å². The minimum Gasteiger partial charge on any atom is -0.493 e. The monoisotopic (exact) mass is 511 g/mol. The van der Waals surface area contributed by atoms with E-state index in [1.165, 1.54) is 37.7 Å². The Balaban J connectivity index is 1.45. The highest BCUT2D eigenvalue weighted by atomic mass is 19.1. The van der Waals surface area contributed by atoms with Crippen LogP contribution in [0.25, 0.3) is 11.3 Å². The molecule has 0 amide bonds. The molecule has 5 heteroatoms. The van der Waals surface area contributed by atoms with Crippen molar-refractivity contribution in [1.29, 1.82) is 0 Å². The fourth-order valence-electron chi connectivity index (χ4n) is 5.17. The van der Waals surface area contributed by atoms with Crippen molar-refractivity contribution in [2.75, 3.05) is 6.61 Å². The van der Waals surface area contributed by atoms with Gasteiger partial charge in [-0.1, -0.05) is 65.4 Å². The molecule has 0 N–H and O–H groups in total. The molecule has 1 fully saturated rings. The third-order valence-electron chi connectivity index (χ3n) is 7.62. The molecular weight excluding hydrogens is 465 g/mol. The Morgan fingerprint density at radius 1 is 0.973 bits per heavy atom. The molecule has 1 heterocycles. The minimum atomic E-state index is -1.49. The second-order valence-electron chi connectivity index (χ2n) is 10.7. The molecule has 204 valence electrons. The van der Waals surface area contributed by atoms with E-state index in [0.717, 1.165) is 49.1 Å². The van der Waals surface area contributed by atoms with Crippen LogP contribution < -0.4 is 4.74 Å². The number of unbranched alkanes of at least 4 members (excludes halogenated alkanes) is 4. The smallest absolute Gasteiger partial charge is 0.340 e. The minimum absolute atomic E-state index is 0.162. The highest BCUT2D eigenvalue weighted by molar-refractivity contribution is 5.74. The van der Waals surface area contributed by atoms with Gasteiger partial charge < -0.3 is 9.47 Å². The van der Waals surface area contributed by atoms with E-state index in [1.54, 1.807) is 0 Å². The van der Waals surface area contributed by atoms with Crippen molar-refractivity contribution in [2.24, 2.45) is 5.92 Å². The van der Waals surface area contributed by atoms with E-state index in [1.807, 2.05) is 31.3 Å². The van der Waals surface area contributed by atoms with Crippen LogP contribution in [0.4, 0.5) is 4.39 Å². The third kappa shape index (κ3) is 9.43. The number of ether oxygens (including phenoxy) is 2. The zero-order valence-corrected chi connectivity index (χ0v) is 23.1. The van der Waals surface area contributed by atoms with Gasteiger partial charge in [0.05, 0.1) is 12.3 Å². The number of benzene rings is 1. The summed E-state index contributed by atoms with van der Waals surface area (Å²) >= 11 is 0. The summed E-state index contributed by atoms with van der Waals surface area (Å²) in [6.07, 6.45) is 11.8. The van der Waals surface area contributed by atoms with E-state index in [4.69, 9.17) is 14.5 Å². The number of halogens is 1. The van der Waals surface area contributed by atoms with E-state index in [-0.39, 0.29) is 12.5 Å². The van der Waals surface area contributed by atoms with Crippen LogP contribution in [0.2, 0.25) is 0 Å². The van der Waals surface area contributed by atoms with Gasteiger partial charge in [-0.15, -0.1) is 0 Å². The number of carbonyl (C=O) groups excluding carboxylic acids is 1. The standard InChI is InChI=1S/C32H46FNO3/c1-4-6-8-9-11-24(3)29-12-10-22-34-31(29)26-16-20-27(21-17-26)36-23-25-14-18-28(19-15-25)37-32(35)30(33)13-7-5-2/h10,12,16-17,20-22,24-25,28,30H,4-9,11,13-15,18-19,23H2,1-3H3/t24?,25?,28?,30-/m0/s1. The van der Waals surface area contributed by atoms with Crippen molar-refractivity contribution in [1.82, 2.24) is 4.98 Å². The lowest BCUT2D eigenvalue weighted by molar-refractivity contribution is -0.157. The number of rotatable bonds is 15. The van der Waals surface area contributed by atoms with E-state index < -0.39 is 12.1 Å². The molecule has 0 saturated heterocycles. The first-order valence-corrected chi connectivity index (χ1v) is 14.5. The fraction of sp³-hybridized carbons (Fsp3) is 0.625. The molecule has 37 heavy (non-hydrogen) atoms. The maximum atomic E-state index is 13.9. The molecule has 0 aliphatic heterocycles. The molecular formula is C32H46FNO3. The summed E-state index contributed by atoms with van der Waals surface area (Å²) in [7, 11) is 0. The Labute approximate surface area is 223 Å². The van der Waals surface area contributed by atoms with Crippen molar-refractivity contribution in [3.05, 3.63) is 48.2 Å². The summed E-state index contributed by atoms with van der Waals surface area (Å²) in [6, 6.07) is 12.5. The van der Waals surface area contributed by atoms with Gasteiger partial charge in [0, 0.05) is 11.8 Å². The summed E-state index contributed by atoms with van der Waals surface area (Å²) in [5.41, 5.74) is 3.50. The Hall–Kier alpha value is -2.43. The Morgan fingerprint density at radius 3 is 2.41 bits per heavy atom. The van der Waals surface area contributed by atoms with Gasteiger partial charge in [-0.05, 0) is 86.3 Å². The molecule has 1 unspecified atom stereocenters. The van der Waals surface area contributed by atoms with Crippen molar-refractivity contribution >= 4 is 5.97 Å². The van der Waals surface area contributed by atoms with Gasteiger partial charge in [-0.2, -0.15) is 0 Å². The molecule has 0 spiro atoms. The van der Waals surface area contributed by atoms with E-state index >= 15 is 0 Å². The SMILES string of the molecule is CCCCCCC(C)c1cccnc1-c1ccc(OCC2CCC(OC(=O)[C@@H](F)CCCC)CC2)cc1. The Kier molecular flexibility index (Phi) is 12.4. The Bertz CT molecular complexity index is 924. The summed E-state index contributed by atoms with van der Waals surface area (Å²) < 4.78 is 25.4. The maximum Gasteiger partial charge on any atom is 0.340 e. The second-order valence-corrected chi connectivity index (χ2v) is 10.7. The van der Waals surface area contributed by atoms with Gasteiger partial charge in [0.1, 0.15) is 11.9 Å². The van der Waals surface area contributed by atoms with Gasteiger partial charge in [-0.3, -0.25) is 4.98 Å². The van der Waals surface area contributed by atoms with Crippen LogP contribution in [0.5, 0.6) is 5.75 Å². The number of carbonyl (C=O) groups is 1. The topological polar surface area (TPSA) is 48.4 Å². The number of pyridine rings is 1. The highest BCUT2D eigenvalue weighted by Crippen LogP contribution is 2.32. The van der Waals surface area contributed by atoms with Gasteiger partial charge >= 0.3 is 5.97 Å². The molecule has 2 aromatic rings. The lowest BCUT2D eigenvalue weighted by Crippen LogP contribution is -2.30. The summed E-state index contributed by atoms with van der Waals surface area (Å²) in [5.74, 6) is 1.08. The average Bonchev–Trinajstić information content (AvgIpc) is 2.93. The second kappa shape index (κ2) is 15.7. The molecule has 1 aromatic carbocycles. The van der Waals surface area contributed by atoms with Crippen molar-refractivity contribution in [2.45, 2.75) is 116 Å². The van der Waals surface area contributed by atoms with Gasteiger partial charge in [-0.25, -0.2) is 9.18 Å². The van der Waals surface area contributed by atoms with Gasteiger partial charge in [0.2, 0.25) is 0 Å². The Morgan fingerprint density at radius 2 is 1.70 bits per heavy atom. The van der Waals surface area contributed by atoms with Crippen molar-refractivity contribution in [3.8, 4) is 17.0 Å². The normalized spacial score (nSPS) is 19.2. The number of esters is 1. The molecule has 2 atom stereocenters. The van der Waals surface area contributed by atoms with Crippen LogP contribution >= 0.6 is 0 Å². The molecule has 3 rings (SSSR count). The highest BCUT2D eigenvalue weighted by Gasteiger charge is 2.27. The first kappa shape index (κ1) is 29.1. The van der Waals surface area contributed by atoms with Crippen molar-refractivity contribution in [3.63, 3.8) is 0 Å². The van der Waals surface area contributed by atoms with Crippen LogP contribution in [0, 0.1) is 5.92 Å². The third-order valence-corrected chi connectivity index (χ3v) is 7.62. The van der Waals surface area contributed by atoms with Crippen LogP contribution in [-0.4, -0.2) is 29.8 Å². The maximum absolute atomic E-state index is 13.9. The summed E-state index contributed by atoms with van der Waals surface area (Å²) in [6.45, 7) is 7.19. The van der Waals surface area contributed by atoms with E-state index in [2.05, 4.69) is 32.0 Å². The summed E-state index contributed by atoms with van der Waals surface area (Å²) in [5, 5.41) is 0. The molecule has 4 nitrogen and oxygen atoms in total. The lowest BCUT2D eigenvalue weighted by Gasteiger charge is -2.28. The molecule has 0 bridgehead atoms. The number of hydrogen-bond donors (Lipinski definition) is 0. The fourth-order valence-corrected chi connectivity index (χ4v) is 5.17. The number of aromatic nitrogens is 1. The zero-order valence-electron chi connectivity index (χ0n) is 23.1. The number of hydrogen-bond acceptors (Lipinski definition) is 4. The average molecular weight is 512 g/mol. The number of nitrogens with zero attached hydrogens (tertiary/aromatic N) is 1. The van der Waals surface area contributed by atoms with Crippen LogP contribution in [-0.2, 0) is 9.53 Å². The first-order chi connectivity index (χ1) is 18.0. The van der Waals surface area contributed by atoms with E-state index in [0.29, 0.717) is 24.9 Å². The summed E-state index contributed by atoms with van der Waals surface area (Å²) in [4.78, 5) is 16.7. The molecule has 1 aromatic heterocycles. The molecule has 0 radical (unpaired) electrons. The molecule has 1 saturated carbocycles. The van der Waals surface area contributed by atoms with Crippen LogP contribution in [0.1, 0.15) is 109 Å². The quantitative estimate of drug-likeness (QED) is 0.177. The number of alkyl halides is 1. The van der Waals surface area contributed by atoms with Crippen molar-refractivity contribution < 1.29 is 18.7 Å². The largest absolute Gasteiger partial charge is 0.493 e. The predicted octanol–water partition coefficient (Wildman–Crippen LogP) is 8.83. The first-order valence-electron chi connectivity index (χ1n) is 14.5. The van der Waals surface area contributed by atoms with Crippen LogP contribution in [0.15, 0.2) is 42.6 Å². The zero-order chi connectivity index (χ0) is 26.5. The van der Waals surface area contributed by atoms with Gasteiger partial charge in [0.15, 0.2) is 6.17 Å². The molecule has 1 aliphatic carbocycles. The van der Waals surface area contributed by atoms with E-state index in [9.17, 15) is 9.18 Å². The van der Waals surface area contributed by atoms with Gasteiger partial charge in [0.25, 0.3) is 0 Å². The predicted molar refractivity (Wildman–Crippen MR) is 149 cm³/mol. The molecule has 1 aliphatic rings. The lowest BCUT2D eigenvalue weighted by atomic mass is 9.88.